The van der Waals surface area contributed by atoms with Crippen LogP contribution in [0.3, 0.4) is 0 Å². The molecule has 0 aliphatic carbocycles. The minimum absolute atomic E-state index is 0.0349. The summed E-state index contributed by atoms with van der Waals surface area (Å²) in [5.74, 6) is 0.0461. The number of carbonyl (C=O) groups excluding carboxylic acids is 1. The number of aliphatic hydroxyl groups is 1. The molecule has 5 heteroatoms. The molecule has 2 N–H and O–H groups in total. The molecule has 0 aromatic heterocycles. The zero-order chi connectivity index (χ0) is 14.8. The fourth-order valence-corrected chi connectivity index (χ4v) is 3.08. The highest BCUT2D eigenvalue weighted by Crippen LogP contribution is 2.27. The predicted molar refractivity (Wildman–Crippen MR) is 80.6 cm³/mol. The van der Waals surface area contributed by atoms with Gasteiger partial charge in [0, 0.05) is 24.3 Å². The lowest BCUT2D eigenvalue weighted by Crippen LogP contribution is -2.52. The number of ether oxygens (including phenoxy) is 1. The van der Waals surface area contributed by atoms with E-state index in [1.807, 2.05) is 30.0 Å². The molecule has 1 aromatic rings. The van der Waals surface area contributed by atoms with Crippen molar-refractivity contribution in [3.8, 4) is 0 Å². The van der Waals surface area contributed by atoms with Gasteiger partial charge in [-0.05, 0) is 37.5 Å². The maximum atomic E-state index is 12.9. The van der Waals surface area contributed by atoms with Gasteiger partial charge in [-0.15, -0.1) is 0 Å². The van der Waals surface area contributed by atoms with Crippen LogP contribution in [0.2, 0.25) is 0 Å². The highest BCUT2D eigenvalue weighted by Gasteiger charge is 2.31. The summed E-state index contributed by atoms with van der Waals surface area (Å²) in [5.41, 5.74) is 2.98. The van der Waals surface area contributed by atoms with Crippen LogP contribution in [-0.2, 0) is 11.2 Å². The Morgan fingerprint density at radius 1 is 1.52 bits per heavy atom. The minimum atomic E-state index is -0.275. The van der Waals surface area contributed by atoms with E-state index in [4.69, 9.17) is 4.74 Å². The Labute approximate surface area is 124 Å². The van der Waals surface area contributed by atoms with Crippen LogP contribution in [0.15, 0.2) is 18.2 Å². The number of hydrogen-bond donors (Lipinski definition) is 2. The highest BCUT2D eigenvalue weighted by atomic mass is 16.5. The van der Waals surface area contributed by atoms with Crippen molar-refractivity contribution in [2.45, 2.75) is 31.9 Å². The maximum absolute atomic E-state index is 12.9. The van der Waals surface area contributed by atoms with E-state index in [9.17, 15) is 9.90 Å². The maximum Gasteiger partial charge on any atom is 0.254 e. The Bertz CT molecular complexity index is 532. The summed E-state index contributed by atoms with van der Waals surface area (Å²) < 4.78 is 5.51. The van der Waals surface area contributed by atoms with Crippen molar-refractivity contribution in [2.24, 2.45) is 0 Å². The van der Waals surface area contributed by atoms with Crippen molar-refractivity contribution >= 4 is 11.6 Å². The van der Waals surface area contributed by atoms with E-state index in [1.165, 1.54) is 0 Å². The summed E-state index contributed by atoms with van der Waals surface area (Å²) in [4.78, 5) is 14.7. The molecule has 0 bridgehead atoms. The summed E-state index contributed by atoms with van der Waals surface area (Å²) in [7, 11) is 0. The lowest BCUT2D eigenvalue weighted by atomic mass is 9.96. The van der Waals surface area contributed by atoms with Crippen molar-refractivity contribution < 1.29 is 14.6 Å². The van der Waals surface area contributed by atoms with Crippen molar-refractivity contribution in [3.05, 3.63) is 29.3 Å². The first-order valence-corrected chi connectivity index (χ1v) is 7.60. The number of fused-ring (bicyclic) bond motifs is 1. The first-order chi connectivity index (χ1) is 10.2. The van der Waals surface area contributed by atoms with Gasteiger partial charge in [0.25, 0.3) is 5.91 Å². The van der Waals surface area contributed by atoms with Crippen LogP contribution in [0, 0.1) is 0 Å². The third kappa shape index (κ3) is 2.76. The summed E-state index contributed by atoms with van der Waals surface area (Å²) in [6.07, 6.45) is 1.71. The van der Waals surface area contributed by atoms with Gasteiger partial charge in [0.15, 0.2) is 0 Å². The fourth-order valence-electron chi connectivity index (χ4n) is 3.08. The quantitative estimate of drug-likeness (QED) is 0.861. The van der Waals surface area contributed by atoms with E-state index in [0.717, 1.165) is 36.2 Å². The minimum Gasteiger partial charge on any atom is -0.394 e. The first kappa shape index (κ1) is 14.4. The average molecular weight is 290 g/mol. The number of nitrogens with one attached hydrogen (secondary N) is 1. The molecule has 0 spiro atoms. The van der Waals surface area contributed by atoms with E-state index in [0.29, 0.717) is 13.2 Å². The number of carbonyl (C=O) groups is 1. The van der Waals surface area contributed by atoms with E-state index in [1.54, 1.807) is 0 Å². The number of hydrogen-bond acceptors (Lipinski definition) is 4. The van der Waals surface area contributed by atoms with Crippen molar-refractivity contribution in [3.63, 3.8) is 0 Å². The Kier molecular flexibility index (Phi) is 4.12. The number of amides is 1. The summed E-state index contributed by atoms with van der Waals surface area (Å²) in [6.45, 7) is 3.83. The summed E-state index contributed by atoms with van der Waals surface area (Å²) in [6, 6.07) is 5.90. The summed E-state index contributed by atoms with van der Waals surface area (Å²) >= 11 is 0. The molecule has 0 saturated carbocycles. The van der Waals surface area contributed by atoms with E-state index < -0.39 is 0 Å². The summed E-state index contributed by atoms with van der Waals surface area (Å²) in [5, 5.41) is 12.6. The predicted octanol–water partition coefficient (Wildman–Crippen LogP) is 1.27. The zero-order valence-corrected chi connectivity index (χ0v) is 12.3. The standard InChI is InChI=1S/C16H22N2O3/c1-11-10-21-12(9-19)8-18(11)16(20)14-4-2-6-15-13(14)5-3-7-17-15/h2,4,6,11-12,17,19H,3,5,7-10H2,1H3. The SMILES string of the molecule is CC1COC(CO)CN1C(=O)c1cccc2c1CCCN2. The molecule has 2 aliphatic rings. The van der Waals surface area contributed by atoms with Crippen LogP contribution < -0.4 is 5.32 Å². The third-order valence-electron chi connectivity index (χ3n) is 4.30. The van der Waals surface area contributed by atoms with Crippen LogP contribution in [0.5, 0.6) is 0 Å². The third-order valence-corrected chi connectivity index (χ3v) is 4.30. The Hall–Kier alpha value is -1.59. The zero-order valence-electron chi connectivity index (χ0n) is 12.3. The van der Waals surface area contributed by atoms with Crippen LogP contribution >= 0.6 is 0 Å². The molecular weight excluding hydrogens is 268 g/mol. The van der Waals surface area contributed by atoms with Gasteiger partial charge in [-0.2, -0.15) is 0 Å². The van der Waals surface area contributed by atoms with Gasteiger partial charge in [0.1, 0.15) is 0 Å². The highest BCUT2D eigenvalue weighted by molar-refractivity contribution is 5.97. The van der Waals surface area contributed by atoms with Gasteiger partial charge in [-0.3, -0.25) is 4.79 Å². The van der Waals surface area contributed by atoms with Gasteiger partial charge in [0.05, 0.1) is 25.4 Å². The van der Waals surface area contributed by atoms with Crippen molar-refractivity contribution in [1.29, 1.82) is 0 Å². The Morgan fingerprint density at radius 2 is 2.38 bits per heavy atom. The number of rotatable bonds is 2. The van der Waals surface area contributed by atoms with Crippen LogP contribution in [0.4, 0.5) is 5.69 Å². The molecule has 1 aromatic carbocycles. The monoisotopic (exact) mass is 290 g/mol. The first-order valence-electron chi connectivity index (χ1n) is 7.60. The number of nitrogens with zero attached hydrogens (tertiary/aromatic N) is 1. The molecule has 3 rings (SSSR count). The average Bonchev–Trinajstić information content (AvgIpc) is 2.54. The fraction of sp³-hybridized carbons (Fsp3) is 0.562. The molecule has 1 saturated heterocycles. The van der Waals surface area contributed by atoms with Gasteiger partial charge >= 0.3 is 0 Å². The number of morpholine rings is 1. The van der Waals surface area contributed by atoms with Crippen LogP contribution in [0.1, 0.15) is 29.3 Å². The lowest BCUT2D eigenvalue weighted by Gasteiger charge is -2.38. The van der Waals surface area contributed by atoms with Crippen LogP contribution in [-0.4, -0.2) is 54.4 Å². The number of aliphatic hydroxyl groups excluding tert-OH is 1. The Balaban J connectivity index is 1.87. The second kappa shape index (κ2) is 6.03. The van der Waals surface area contributed by atoms with Crippen LogP contribution in [0.25, 0.3) is 0 Å². The van der Waals surface area contributed by atoms with Gasteiger partial charge in [-0.25, -0.2) is 0 Å². The van der Waals surface area contributed by atoms with E-state index in [-0.39, 0.29) is 24.7 Å². The molecule has 0 radical (unpaired) electrons. The van der Waals surface area contributed by atoms with E-state index in [2.05, 4.69) is 5.32 Å². The molecule has 1 amide bonds. The molecule has 2 atom stereocenters. The van der Waals surface area contributed by atoms with Gasteiger partial charge < -0.3 is 20.1 Å². The molecule has 21 heavy (non-hydrogen) atoms. The molecule has 1 fully saturated rings. The smallest absolute Gasteiger partial charge is 0.254 e. The second-order valence-corrected chi connectivity index (χ2v) is 5.81. The molecule has 2 unspecified atom stereocenters. The van der Waals surface area contributed by atoms with Gasteiger partial charge in [0.2, 0.25) is 0 Å². The van der Waals surface area contributed by atoms with Crippen molar-refractivity contribution in [1.82, 2.24) is 4.90 Å². The molecule has 2 heterocycles. The number of benzene rings is 1. The molecule has 5 nitrogen and oxygen atoms in total. The van der Waals surface area contributed by atoms with E-state index >= 15 is 0 Å². The molecule has 2 aliphatic heterocycles. The largest absolute Gasteiger partial charge is 0.394 e. The van der Waals surface area contributed by atoms with Gasteiger partial charge in [-0.1, -0.05) is 6.07 Å². The second-order valence-electron chi connectivity index (χ2n) is 5.81. The Morgan fingerprint density at radius 3 is 3.19 bits per heavy atom. The normalized spacial score (nSPS) is 25.1. The topological polar surface area (TPSA) is 61.8 Å². The molecular formula is C16H22N2O3. The van der Waals surface area contributed by atoms with Crippen molar-refractivity contribution in [2.75, 3.05) is 31.6 Å². The molecule has 114 valence electrons. The number of anilines is 1. The lowest BCUT2D eigenvalue weighted by molar-refractivity contribution is -0.0667.